The number of aliphatic imine (C=N–C) groups is 1. The minimum Gasteiger partial charge on any atom is -0.356 e. The summed E-state index contributed by atoms with van der Waals surface area (Å²) in [7, 11) is 1.80. The summed E-state index contributed by atoms with van der Waals surface area (Å²) in [5.41, 5.74) is 0. The number of hydrogen-bond acceptors (Lipinski definition) is 2. The maximum Gasteiger partial charge on any atom is 0.222 e. The van der Waals surface area contributed by atoms with Crippen LogP contribution in [-0.2, 0) is 4.79 Å². The molecule has 0 aliphatic carbocycles. The van der Waals surface area contributed by atoms with Crippen molar-refractivity contribution >= 4 is 11.9 Å². The molecule has 0 aromatic rings. The molecular weight excluding hydrogens is 252 g/mol. The van der Waals surface area contributed by atoms with Crippen LogP contribution in [0.4, 0.5) is 0 Å². The molecule has 1 atom stereocenters. The minimum absolute atomic E-state index is 0.245. The molecule has 20 heavy (non-hydrogen) atoms. The van der Waals surface area contributed by atoms with Crippen molar-refractivity contribution in [3.8, 4) is 0 Å². The van der Waals surface area contributed by atoms with Crippen LogP contribution in [0.25, 0.3) is 0 Å². The van der Waals surface area contributed by atoms with Gasteiger partial charge in [0.05, 0.1) is 0 Å². The second kappa shape index (κ2) is 8.82. The maximum absolute atomic E-state index is 11.7. The molecule has 0 spiro atoms. The zero-order chi connectivity index (χ0) is 15.0. The van der Waals surface area contributed by atoms with Crippen LogP contribution in [0, 0.1) is 5.92 Å². The highest BCUT2D eigenvalue weighted by atomic mass is 16.2. The molecular formula is C15H30N4O. The van der Waals surface area contributed by atoms with E-state index in [4.69, 9.17) is 0 Å². The van der Waals surface area contributed by atoms with E-state index in [0.29, 0.717) is 18.4 Å². The van der Waals surface area contributed by atoms with Crippen LogP contribution in [0.15, 0.2) is 4.99 Å². The van der Waals surface area contributed by atoms with Crippen molar-refractivity contribution in [3.63, 3.8) is 0 Å². The van der Waals surface area contributed by atoms with E-state index in [9.17, 15) is 4.79 Å². The third-order valence-electron chi connectivity index (χ3n) is 4.12. The van der Waals surface area contributed by atoms with E-state index in [0.717, 1.165) is 32.0 Å². The number of rotatable bonds is 6. The van der Waals surface area contributed by atoms with Gasteiger partial charge >= 0.3 is 0 Å². The van der Waals surface area contributed by atoms with Crippen LogP contribution in [0.3, 0.4) is 0 Å². The fraction of sp³-hybridized carbons (Fsp3) is 0.867. The van der Waals surface area contributed by atoms with E-state index in [1.165, 1.54) is 12.8 Å². The van der Waals surface area contributed by atoms with Crippen molar-refractivity contribution < 1.29 is 4.79 Å². The molecule has 1 unspecified atom stereocenters. The van der Waals surface area contributed by atoms with Gasteiger partial charge in [0, 0.05) is 39.1 Å². The molecule has 0 radical (unpaired) electrons. The first-order valence-corrected chi connectivity index (χ1v) is 7.89. The molecule has 1 fully saturated rings. The van der Waals surface area contributed by atoms with Crippen LogP contribution in [0.1, 0.15) is 46.5 Å². The first-order valence-electron chi connectivity index (χ1n) is 7.89. The lowest BCUT2D eigenvalue weighted by atomic mass is 10.0. The molecule has 1 rings (SSSR count). The first-order chi connectivity index (χ1) is 9.64. The Hall–Kier alpha value is -1.26. The van der Waals surface area contributed by atoms with Crippen LogP contribution in [-0.4, -0.2) is 49.5 Å². The Morgan fingerprint density at radius 2 is 2.05 bits per heavy atom. The summed E-state index contributed by atoms with van der Waals surface area (Å²) in [6, 6.07) is 0.318. The van der Waals surface area contributed by atoms with Gasteiger partial charge in [-0.25, -0.2) is 0 Å². The fourth-order valence-corrected chi connectivity index (χ4v) is 2.53. The topological polar surface area (TPSA) is 56.7 Å². The molecule has 5 nitrogen and oxygen atoms in total. The lowest BCUT2D eigenvalue weighted by Crippen LogP contribution is -2.46. The number of carbonyl (C=O) groups excluding carboxylic acids is 1. The fourth-order valence-electron chi connectivity index (χ4n) is 2.53. The van der Waals surface area contributed by atoms with E-state index in [1.54, 1.807) is 7.05 Å². The number of amides is 1. The minimum atomic E-state index is 0.245. The Morgan fingerprint density at radius 1 is 1.35 bits per heavy atom. The number of guanidine groups is 1. The summed E-state index contributed by atoms with van der Waals surface area (Å²) >= 11 is 0. The van der Waals surface area contributed by atoms with Crippen LogP contribution in [0.2, 0.25) is 0 Å². The Balaban J connectivity index is 2.37. The normalized spacial score (nSPS) is 19.6. The Morgan fingerprint density at radius 3 is 2.60 bits per heavy atom. The largest absolute Gasteiger partial charge is 0.356 e. The maximum atomic E-state index is 11.7. The molecule has 116 valence electrons. The number of likely N-dealkylation sites (tertiary alicyclic amines) is 1. The molecule has 1 aliphatic heterocycles. The van der Waals surface area contributed by atoms with Crippen molar-refractivity contribution in [1.29, 1.82) is 0 Å². The number of hydrogen-bond donors (Lipinski definition) is 2. The quantitative estimate of drug-likeness (QED) is 0.575. The SMILES string of the molecule is CCC(=O)N1CCC(NC(=NC)NCC(CC)CC)C1. The lowest BCUT2D eigenvalue weighted by Gasteiger charge is -2.20. The van der Waals surface area contributed by atoms with Gasteiger partial charge < -0.3 is 15.5 Å². The molecule has 2 N–H and O–H groups in total. The highest BCUT2D eigenvalue weighted by molar-refractivity contribution is 5.80. The Bertz CT molecular complexity index is 326. The molecule has 1 heterocycles. The van der Waals surface area contributed by atoms with Gasteiger partial charge in [0.2, 0.25) is 5.91 Å². The van der Waals surface area contributed by atoms with Crippen molar-refractivity contribution in [2.24, 2.45) is 10.9 Å². The summed E-state index contributed by atoms with van der Waals surface area (Å²) in [5.74, 6) is 1.79. The van der Waals surface area contributed by atoms with E-state index in [-0.39, 0.29) is 5.91 Å². The lowest BCUT2D eigenvalue weighted by molar-refractivity contribution is -0.129. The van der Waals surface area contributed by atoms with Gasteiger partial charge in [-0.3, -0.25) is 9.79 Å². The summed E-state index contributed by atoms with van der Waals surface area (Å²) in [6.45, 7) is 8.96. The molecule has 5 heteroatoms. The van der Waals surface area contributed by atoms with Crippen LogP contribution >= 0.6 is 0 Å². The van der Waals surface area contributed by atoms with Gasteiger partial charge in [-0.05, 0) is 12.3 Å². The van der Waals surface area contributed by atoms with E-state index >= 15 is 0 Å². The number of nitrogens with zero attached hydrogens (tertiary/aromatic N) is 2. The monoisotopic (exact) mass is 282 g/mol. The predicted octanol–water partition coefficient (Wildman–Crippen LogP) is 1.60. The smallest absolute Gasteiger partial charge is 0.222 e. The van der Waals surface area contributed by atoms with Gasteiger partial charge in [-0.15, -0.1) is 0 Å². The third-order valence-corrected chi connectivity index (χ3v) is 4.12. The van der Waals surface area contributed by atoms with Crippen LogP contribution < -0.4 is 10.6 Å². The van der Waals surface area contributed by atoms with E-state index in [2.05, 4.69) is 29.5 Å². The molecule has 1 saturated heterocycles. The average Bonchev–Trinajstić information content (AvgIpc) is 2.94. The summed E-state index contributed by atoms with van der Waals surface area (Å²) < 4.78 is 0. The van der Waals surface area contributed by atoms with E-state index < -0.39 is 0 Å². The molecule has 0 aromatic carbocycles. The average molecular weight is 282 g/mol. The molecule has 0 saturated carbocycles. The molecule has 1 aliphatic rings. The Kier molecular flexibility index (Phi) is 7.41. The van der Waals surface area contributed by atoms with Crippen molar-refractivity contribution in [3.05, 3.63) is 0 Å². The standard InChI is InChI=1S/C15H30N4O/c1-5-12(6-2)10-17-15(16-4)18-13-8-9-19(11-13)14(20)7-3/h12-13H,5-11H2,1-4H3,(H2,16,17,18). The third kappa shape index (κ3) is 5.02. The highest BCUT2D eigenvalue weighted by Gasteiger charge is 2.25. The summed E-state index contributed by atoms with van der Waals surface area (Å²) in [6.07, 6.45) is 3.96. The second-order valence-corrected chi connectivity index (χ2v) is 5.46. The van der Waals surface area contributed by atoms with E-state index in [1.807, 2.05) is 11.8 Å². The van der Waals surface area contributed by atoms with Gasteiger partial charge in [-0.1, -0.05) is 33.6 Å². The molecule has 0 bridgehead atoms. The summed E-state index contributed by atoms with van der Waals surface area (Å²) in [5, 5.41) is 6.81. The second-order valence-electron chi connectivity index (χ2n) is 5.46. The van der Waals surface area contributed by atoms with Gasteiger partial charge in [0.15, 0.2) is 5.96 Å². The Labute approximate surface area is 123 Å². The predicted molar refractivity (Wildman–Crippen MR) is 83.8 cm³/mol. The first kappa shape index (κ1) is 16.8. The number of nitrogens with one attached hydrogen (secondary N) is 2. The van der Waals surface area contributed by atoms with Gasteiger partial charge in [0.25, 0.3) is 0 Å². The molecule has 1 amide bonds. The van der Waals surface area contributed by atoms with Crippen molar-refractivity contribution in [1.82, 2.24) is 15.5 Å². The van der Waals surface area contributed by atoms with Crippen LogP contribution in [0.5, 0.6) is 0 Å². The zero-order valence-electron chi connectivity index (χ0n) is 13.4. The number of carbonyl (C=O) groups is 1. The van der Waals surface area contributed by atoms with Gasteiger partial charge in [-0.2, -0.15) is 0 Å². The zero-order valence-corrected chi connectivity index (χ0v) is 13.4. The van der Waals surface area contributed by atoms with Gasteiger partial charge in [0.1, 0.15) is 0 Å². The highest BCUT2D eigenvalue weighted by Crippen LogP contribution is 2.10. The molecule has 0 aromatic heterocycles. The summed E-state index contributed by atoms with van der Waals surface area (Å²) in [4.78, 5) is 17.9. The van der Waals surface area contributed by atoms with Crippen molar-refractivity contribution in [2.45, 2.75) is 52.5 Å². The van der Waals surface area contributed by atoms with Crippen molar-refractivity contribution in [2.75, 3.05) is 26.7 Å².